The van der Waals surface area contributed by atoms with E-state index in [9.17, 15) is 9.59 Å². The largest absolute Gasteiger partial charge is 0.483 e. The maximum atomic E-state index is 12.6. The second kappa shape index (κ2) is 11.2. The van der Waals surface area contributed by atoms with Gasteiger partial charge in [0.1, 0.15) is 10.8 Å². The van der Waals surface area contributed by atoms with Gasteiger partial charge in [-0.25, -0.2) is 4.79 Å². The molecule has 1 aliphatic rings. The Morgan fingerprint density at radius 3 is 2.74 bits per heavy atom. The van der Waals surface area contributed by atoms with Crippen LogP contribution in [0.1, 0.15) is 40.6 Å². The topological polar surface area (TPSA) is 76.7 Å². The number of carbonyl (C=O) groups excluding carboxylic acids is 2. The number of carbonyl (C=O) groups is 2. The fourth-order valence-corrected chi connectivity index (χ4v) is 6.42. The number of rotatable bonds is 6. The van der Waals surface area contributed by atoms with E-state index in [2.05, 4.69) is 42.5 Å². The van der Waals surface area contributed by atoms with E-state index in [0.717, 1.165) is 51.0 Å². The smallest absolute Gasteiger partial charge is 0.341 e. The SMILES string of the molecule is CCOC(=O)c1c(NC(=S)NC(=O)COc2ccc3cc(Br)ccc3c2Br)sc2c1CCCC2. The molecule has 0 saturated heterocycles. The van der Waals surface area contributed by atoms with E-state index >= 15 is 0 Å². The van der Waals surface area contributed by atoms with Crippen molar-refractivity contribution in [1.82, 2.24) is 5.32 Å². The van der Waals surface area contributed by atoms with Crippen LogP contribution in [-0.4, -0.2) is 30.2 Å². The van der Waals surface area contributed by atoms with E-state index in [-0.39, 0.29) is 17.7 Å². The number of amides is 1. The molecule has 1 amide bonds. The summed E-state index contributed by atoms with van der Waals surface area (Å²) >= 11 is 13.9. The van der Waals surface area contributed by atoms with Gasteiger partial charge in [-0.3, -0.25) is 10.1 Å². The number of benzene rings is 2. The first kappa shape index (κ1) is 25.1. The molecule has 2 N–H and O–H groups in total. The molecule has 0 atom stereocenters. The lowest BCUT2D eigenvalue weighted by molar-refractivity contribution is -0.121. The zero-order valence-electron chi connectivity index (χ0n) is 18.3. The van der Waals surface area contributed by atoms with Gasteiger partial charge in [-0.15, -0.1) is 11.3 Å². The Bertz CT molecular complexity index is 1280. The van der Waals surface area contributed by atoms with E-state index < -0.39 is 5.91 Å². The van der Waals surface area contributed by atoms with E-state index in [1.54, 1.807) is 6.92 Å². The Hall–Kier alpha value is -2.01. The van der Waals surface area contributed by atoms with Crippen molar-refractivity contribution in [2.24, 2.45) is 0 Å². The zero-order chi connectivity index (χ0) is 24.2. The van der Waals surface area contributed by atoms with E-state index in [0.29, 0.717) is 22.9 Å². The van der Waals surface area contributed by atoms with E-state index in [1.165, 1.54) is 16.2 Å². The molecule has 0 radical (unpaired) electrons. The molecule has 6 nitrogen and oxygen atoms in total. The minimum absolute atomic E-state index is 0.111. The van der Waals surface area contributed by atoms with Crippen LogP contribution >= 0.6 is 55.4 Å². The molecule has 34 heavy (non-hydrogen) atoms. The monoisotopic (exact) mass is 624 g/mol. The fraction of sp³-hybridized carbons (Fsp3) is 0.292. The molecule has 0 fully saturated rings. The van der Waals surface area contributed by atoms with Crippen molar-refractivity contribution in [3.05, 3.63) is 55.3 Å². The lowest BCUT2D eigenvalue weighted by Gasteiger charge is -2.13. The molecule has 1 aromatic heterocycles. The third-order valence-corrected chi connectivity index (χ3v) is 8.09. The molecule has 0 saturated carbocycles. The number of nitrogens with one attached hydrogen (secondary N) is 2. The average molecular weight is 626 g/mol. The van der Waals surface area contributed by atoms with Crippen molar-refractivity contribution in [2.45, 2.75) is 32.6 Å². The number of thiophene rings is 1. The molecule has 1 aliphatic carbocycles. The predicted octanol–water partition coefficient (Wildman–Crippen LogP) is 6.37. The number of aryl methyl sites for hydroxylation is 1. The summed E-state index contributed by atoms with van der Waals surface area (Å²) in [5.74, 6) is -0.214. The maximum Gasteiger partial charge on any atom is 0.341 e. The van der Waals surface area contributed by atoms with Crippen LogP contribution in [0.4, 0.5) is 5.00 Å². The normalized spacial score (nSPS) is 12.7. The molecule has 4 rings (SSSR count). The first-order valence-corrected chi connectivity index (χ1v) is 13.6. The van der Waals surface area contributed by atoms with Gasteiger partial charge in [0.05, 0.1) is 16.6 Å². The minimum Gasteiger partial charge on any atom is -0.483 e. The van der Waals surface area contributed by atoms with Gasteiger partial charge in [0.15, 0.2) is 11.7 Å². The van der Waals surface area contributed by atoms with Crippen LogP contribution in [0.25, 0.3) is 10.8 Å². The molecular weight excluding hydrogens is 604 g/mol. The Labute approximate surface area is 223 Å². The lowest BCUT2D eigenvalue weighted by Crippen LogP contribution is -2.37. The highest BCUT2D eigenvalue weighted by Crippen LogP contribution is 2.38. The Morgan fingerprint density at radius 1 is 1.15 bits per heavy atom. The Kier molecular flexibility index (Phi) is 8.23. The summed E-state index contributed by atoms with van der Waals surface area (Å²) in [6, 6.07) is 9.66. The number of hydrogen-bond donors (Lipinski definition) is 2. The van der Waals surface area contributed by atoms with Crippen LogP contribution in [0.5, 0.6) is 5.75 Å². The number of anilines is 1. The predicted molar refractivity (Wildman–Crippen MR) is 146 cm³/mol. The van der Waals surface area contributed by atoms with Crippen LogP contribution in [0.3, 0.4) is 0 Å². The Balaban J connectivity index is 1.40. The molecule has 1 heterocycles. The molecule has 0 unspecified atom stereocenters. The highest BCUT2D eigenvalue weighted by molar-refractivity contribution is 9.11. The number of esters is 1. The third-order valence-electron chi connectivity index (χ3n) is 5.37. The van der Waals surface area contributed by atoms with Gasteiger partial charge in [-0.2, -0.15) is 0 Å². The van der Waals surface area contributed by atoms with Gasteiger partial charge in [0, 0.05) is 9.35 Å². The van der Waals surface area contributed by atoms with Crippen LogP contribution in [-0.2, 0) is 22.4 Å². The number of fused-ring (bicyclic) bond motifs is 2. The van der Waals surface area contributed by atoms with Crippen molar-refractivity contribution in [2.75, 3.05) is 18.5 Å². The number of thiocarbonyl (C=S) groups is 1. The summed E-state index contributed by atoms with van der Waals surface area (Å²) in [6.07, 6.45) is 3.90. The van der Waals surface area contributed by atoms with Gasteiger partial charge in [0.25, 0.3) is 5.91 Å². The minimum atomic E-state index is -0.403. The summed E-state index contributed by atoms with van der Waals surface area (Å²) in [5, 5.41) is 8.40. The van der Waals surface area contributed by atoms with Crippen molar-refractivity contribution >= 4 is 88.2 Å². The van der Waals surface area contributed by atoms with Crippen LogP contribution in [0.2, 0.25) is 0 Å². The molecule has 3 aromatic rings. The first-order valence-electron chi connectivity index (χ1n) is 10.8. The zero-order valence-corrected chi connectivity index (χ0v) is 23.1. The van der Waals surface area contributed by atoms with Crippen molar-refractivity contribution in [3.8, 4) is 5.75 Å². The molecular formula is C24H22Br2N2O4S2. The summed E-state index contributed by atoms with van der Waals surface area (Å²) in [6.45, 7) is 1.86. The van der Waals surface area contributed by atoms with Crippen LogP contribution < -0.4 is 15.4 Å². The molecule has 0 aliphatic heterocycles. The van der Waals surface area contributed by atoms with Crippen LogP contribution in [0, 0.1) is 0 Å². The summed E-state index contributed by atoms with van der Waals surface area (Å²) < 4.78 is 12.7. The first-order chi connectivity index (χ1) is 16.4. The van der Waals surface area contributed by atoms with Gasteiger partial charge >= 0.3 is 5.97 Å². The number of halogens is 2. The second-order valence-corrected chi connectivity index (χ2v) is 10.9. The summed E-state index contributed by atoms with van der Waals surface area (Å²) in [4.78, 5) is 26.2. The quantitative estimate of drug-likeness (QED) is 0.245. The van der Waals surface area contributed by atoms with Gasteiger partial charge in [-0.1, -0.05) is 28.1 Å². The standard InChI is InChI=1S/C24H22Br2N2O4S2/c1-2-31-23(30)20-16-5-3-4-6-18(16)34-22(20)28-24(33)27-19(29)12-32-17-10-7-13-11-14(25)8-9-15(13)21(17)26/h7-11H,2-6,12H2,1H3,(H2,27,28,29,33). The third kappa shape index (κ3) is 5.62. The number of hydrogen-bond acceptors (Lipinski definition) is 6. The summed E-state index contributed by atoms with van der Waals surface area (Å²) in [7, 11) is 0. The van der Waals surface area contributed by atoms with Crippen molar-refractivity contribution < 1.29 is 19.1 Å². The fourth-order valence-electron chi connectivity index (χ4n) is 3.87. The van der Waals surface area contributed by atoms with Crippen molar-refractivity contribution in [1.29, 1.82) is 0 Å². The van der Waals surface area contributed by atoms with Gasteiger partial charge < -0.3 is 14.8 Å². The maximum absolute atomic E-state index is 12.6. The van der Waals surface area contributed by atoms with E-state index in [4.69, 9.17) is 21.7 Å². The molecule has 178 valence electrons. The van der Waals surface area contributed by atoms with Crippen molar-refractivity contribution in [3.63, 3.8) is 0 Å². The highest BCUT2D eigenvalue weighted by Gasteiger charge is 2.27. The van der Waals surface area contributed by atoms with E-state index in [1.807, 2.05) is 30.3 Å². The molecule has 2 aromatic carbocycles. The van der Waals surface area contributed by atoms with Crippen LogP contribution in [0.15, 0.2) is 39.3 Å². The molecule has 10 heteroatoms. The number of ether oxygens (including phenoxy) is 2. The lowest BCUT2D eigenvalue weighted by atomic mass is 9.95. The average Bonchev–Trinajstić information content (AvgIpc) is 3.16. The summed E-state index contributed by atoms with van der Waals surface area (Å²) in [5.41, 5.74) is 1.56. The Morgan fingerprint density at radius 2 is 1.94 bits per heavy atom. The molecule has 0 spiro atoms. The molecule has 0 bridgehead atoms. The highest BCUT2D eigenvalue weighted by atomic mass is 79.9. The van der Waals surface area contributed by atoms with Gasteiger partial charge in [-0.05, 0) is 95.3 Å². The second-order valence-electron chi connectivity index (χ2n) is 7.67. The van der Waals surface area contributed by atoms with Gasteiger partial charge in [0.2, 0.25) is 0 Å².